The zero-order valence-corrected chi connectivity index (χ0v) is 20.0. The highest BCUT2D eigenvalue weighted by molar-refractivity contribution is 5.90. The molecule has 1 fully saturated rings. The number of hydrogen-bond donors (Lipinski definition) is 1. The van der Waals surface area contributed by atoms with Gasteiger partial charge in [0, 0.05) is 5.92 Å². The Kier molecular flexibility index (Phi) is 7.16. The van der Waals surface area contributed by atoms with Gasteiger partial charge < -0.3 is 19.9 Å². The lowest BCUT2D eigenvalue weighted by Crippen LogP contribution is -2.35. The van der Waals surface area contributed by atoms with Crippen LogP contribution in [0.2, 0.25) is 0 Å². The Balaban J connectivity index is 1.58. The van der Waals surface area contributed by atoms with E-state index in [1.807, 2.05) is 13.8 Å². The molecular formula is C26H26FN3O6. The van der Waals surface area contributed by atoms with Crippen LogP contribution in [0.4, 0.5) is 10.2 Å². The Labute approximate surface area is 206 Å². The molecule has 2 N–H and O–H groups in total. The van der Waals surface area contributed by atoms with E-state index < -0.39 is 53.6 Å². The summed E-state index contributed by atoms with van der Waals surface area (Å²) in [5.41, 5.74) is 7.20. The molecule has 2 heterocycles. The van der Waals surface area contributed by atoms with E-state index in [9.17, 15) is 18.8 Å². The number of benzene rings is 2. The van der Waals surface area contributed by atoms with Crippen molar-refractivity contribution in [3.8, 4) is 0 Å². The maximum Gasteiger partial charge on any atom is 0.351 e. The van der Waals surface area contributed by atoms with Crippen molar-refractivity contribution < 1.29 is 28.2 Å². The summed E-state index contributed by atoms with van der Waals surface area (Å²) >= 11 is 0. The van der Waals surface area contributed by atoms with E-state index in [1.54, 1.807) is 55.5 Å². The van der Waals surface area contributed by atoms with Crippen molar-refractivity contribution >= 4 is 17.8 Å². The van der Waals surface area contributed by atoms with Crippen LogP contribution < -0.4 is 11.4 Å². The molecule has 188 valence electrons. The van der Waals surface area contributed by atoms with Crippen molar-refractivity contribution in [1.29, 1.82) is 0 Å². The molecular weight excluding hydrogens is 469 g/mol. The fourth-order valence-electron chi connectivity index (χ4n) is 3.97. The molecule has 3 aromatic rings. The van der Waals surface area contributed by atoms with Gasteiger partial charge in [0.05, 0.1) is 17.3 Å². The summed E-state index contributed by atoms with van der Waals surface area (Å²) < 4.78 is 32.2. The second-order valence-electron chi connectivity index (χ2n) is 8.79. The smallest absolute Gasteiger partial charge is 0.351 e. The molecule has 4 atom stereocenters. The molecule has 1 aliphatic rings. The number of ether oxygens (including phenoxy) is 3. The van der Waals surface area contributed by atoms with Gasteiger partial charge in [-0.05, 0) is 38.1 Å². The number of esters is 2. The lowest BCUT2D eigenvalue weighted by Gasteiger charge is -2.22. The lowest BCUT2D eigenvalue weighted by molar-refractivity contribution is -0.0589. The predicted octanol–water partition coefficient (Wildman–Crippen LogP) is 3.20. The number of carbonyl (C=O) groups excluding carboxylic acids is 2. The molecule has 1 saturated heterocycles. The largest absolute Gasteiger partial charge is 0.459 e. The predicted molar refractivity (Wildman–Crippen MR) is 128 cm³/mol. The average Bonchev–Trinajstić information content (AvgIpc) is 3.15. The number of nitrogen functional groups attached to an aromatic ring is 1. The average molecular weight is 496 g/mol. The Morgan fingerprint density at radius 1 is 1.03 bits per heavy atom. The minimum Gasteiger partial charge on any atom is -0.459 e. The number of hydrogen-bond acceptors (Lipinski definition) is 8. The number of nitrogens with zero attached hydrogens (tertiary/aromatic N) is 2. The molecule has 10 heteroatoms. The number of aromatic nitrogens is 2. The SMILES string of the molecule is Cc1ccc(C(=O)OC[C@@H]2O[C@H](n3cc(F)c(N)nc3=O)[C@@H](C)[C@@H]2OC(=O)c2ccc(C)cc2)cc1. The maximum atomic E-state index is 14.1. The molecule has 0 spiro atoms. The van der Waals surface area contributed by atoms with Crippen LogP contribution >= 0.6 is 0 Å². The van der Waals surface area contributed by atoms with Gasteiger partial charge >= 0.3 is 17.6 Å². The van der Waals surface area contributed by atoms with Crippen LogP contribution in [0.25, 0.3) is 0 Å². The number of aryl methyl sites for hydroxylation is 2. The molecule has 0 saturated carbocycles. The second kappa shape index (κ2) is 10.3. The van der Waals surface area contributed by atoms with E-state index in [2.05, 4.69) is 4.98 Å². The van der Waals surface area contributed by atoms with E-state index >= 15 is 0 Å². The van der Waals surface area contributed by atoms with Gasteiger partial charge in [-0.2, -0.15) is 4.98 Å². The quantitative estimate of drug-likeness (QED) is 0.518. The zero-order chi connectivity index (χ0) is 26.0. The lowest BCUT2D eigenvalue weighted by atomic mass is 10.0. The molecule has 36 heavy (non-hydrogen) atoms. The van der Waals surface area contributed by atoms with Gasteiger partial charge in [0.25, 0.3) is 0 Å². The van der Waals surface area contributed by atoms with Crippen LogP contribution in [0.5, 0.6) is 0 Å². The fraction of sp³-hybridized carbons (Fsp3) is 0.308. The van der Waals surface area contributed by atoms with Crippen LogP contribution in [0.15, 0.2) is 59.5 Å². The molecule has 0 radical (unpaired) electrons. The number of carbonyl (C=O) groups is 2. The highest BCUT2D eigenvalue weighted by atomic mass is 19.1. The van der Waals surface area contributed by atoms with Gasteiger partial charge in [-0.15, -0.1) is 0 Å². The van der Waals surface area contributed by atoms with E-state index in [0.29, 0.717) is 11.1 Å². The van der Waals surface area contributed by atoms with Gasteiger partial charge in [0.15, 0.2) is 11.6 Å². The maximum absolute atomic E-state index is 14.1. The summed E-state index contributed by atoms with van der Waals surface area (Å²) in [6, 6.07) is 13.6. The Hall–Kier alpha value is -4.05. The van der Waals surface area contributed by atoms with Gasteiger partial charge in [-0.25, -0.2) is 18.8 Å². The minimum atomic E-state index is -1.04. The van der Waals surface area contributed by atoms with Crippen LogP contribution in [0.1, 0.15) is 45.0 Å². The van der Waals surface area contributed by atoms with Gasteiger partial charge in [-0.1, -0.05) is 42.3 Å². The highest BCUT2D eigenvalue weighted by Gasteiger charge is 2.46. The zero-order valence-electron chi connectivity index (χ0n) is 20.0. The van der Waals surface area contributed by atoms with Gasteiger partial charge in [0.2, 0.25) is 0 Å². The third-order valence-corrected chi connectivity index (χ3v) is 6.05. The molecule has 9 nitrogen and oxygen atoms in total. The first kappa shape index (κ1) is 25.1. The summed E-state index contributed by atoms with van der Waals surface area (Å²) in [4.78, 5) is 41.3. The van der Waals surface area contributed by atoms with E-state index in [0.717, 1.165) is 21.9 Å². The molecule has 1 aromatic heterocycles. The van der Waals surface area contributed by atoms with Crippen molar-refractivity contribution in [2.45, 2.75) is 39.2 Å². The van der Waals surface area contributed by atoms with Crippen LogP contribution in [-0.2, 0) is 14.2 Å². The molecule has 4 rings (SSSR count). The summed E-state index contributed by atoms with van der Waals surface area (Å²) in [7, 11) is 0. The molecule has 0 amide bonds. The van der Waals surface area contributed by atoms with Crippen LogP contribution in [-0.4, -0.2) is 40.3 Å². The summed E-state index contributed by atoms with van der Waals surface area (Å²) in [5.74, 6) is -3.25. The van der Waals surface area contributed by atoms with E-state index in [4.69, 9.17) is 19.9 Å². The third kappa shape index (κ3) is 5.28. The van der Waals surface area contributed by atoms with Crippen molar-refractivity contribution in [2.75, 3.05) is 12.3 Å². The number of rotatable bonds is 6. The minimum absolute atomic E-state index is 0.265. The third-order valence-electron chi connectivity index (χ3n) is 6.05. The number of nitrogens with two attached hydrogens (primary N) is 1. The molecule has 0 unspecified atom stereocenters. The Bertz CT molecular complexity index is 1320. The summed E-state index contributed by atoms with van der Waals surface area (Å²) in [5, 5.41) is 0. The van der Waals surface area contributed by atoms with Crippen molar-refractivity contribution in [1.82, 2.24) is 9.55 Å². The monoisotopic (exact) mass is 495 g/mol. The molecule has 2 aromatic carbocycles. The van der Waals surface area contributed by atoms with E-state index in [-0.39, 0.29) is 6.61 Å². The standard InChI is InChI=1S/C26H26FN3O6/c1-14-4-8-17(9-5-14)24(31)34-13-20-21(36-25(32)18-10-6-15(2)7-11-18)16(3)23(35-20)30-12-19(27)22(28)29-26(30)33/h4-12,16,20-21,23H,13H2,1-3H3,(H2,28,29,33)/t16-,20-,21-,23-/m0/s1. The van der Waals surface area contributed by atoms with Crippen molar-refractivity contribution in [3.63, 3.8) is 0 Å². The summed E-state index contributed by atoms with van der Waals surface area (Å²) in [6.45, 7) is 5.20. The molecule has 1 aliphatic heterocycles. The first-order chi connectivity index (χ1) is 17.1. The molecule has 0 aliphatic carbocycles. The highest BCUT2D eigenvalue weighted by Crippen LogP contribution is 2.36. The number of halogens is 1. The van der Waals surface area contributed by atoms with Crippen molar-refractivity contribution in [3.05, 3.63) is 93.3 Å². The first-order valence-electron chi connectivity index (χ1n) is 11.3. The van der Waals surface area contributed by atoms with Crippen molar-refractivity contribution in [2.24, 2.45) is 5.92 Å². The Morgan fingerprint density at radius 3 is 2.17 bits per heavy atom. The van der Waals surface area contributed by atoms with Crippen LogP contribution in [0, 0.1) is 25.6 Å². The Morgan fingerprint density at radius 2 is 1.58 bits per heavy atom. The normalized spacial score (nSPS) is 21.2. The van der Waals surface area contributed by atoms with E-state index in [1.165, 1.54) is 0 Å². The fourth-order valence-corrected chi connectivity index (χ4v) is 3.97. The second-order valence-corrected chi connectivity index (χ2v) is 8.79. The first-order valence-corrected chi connectivity index (χ1v) is 11.3. The molecule has 0 bridgehead atoms. The van der Waals surface area contributed by atoms with Gasteiger partial charge in [0.1, 0.15) is 25.0 Å². The van der Waals surface area contributed by atoms with Gasteiger partial charge in [-0.3, -0.25) is 4.57 Å². The topological polar surface area (TPSA) is 123 Å². The number of anilines is 1. The van der Waals surface area contributed by atoms with Crippen LogP contribution in [0.3, 0.4) is 0 Å². The summed E-state index contributed by atoms with van der Waals surface area (Å²) in [6.07, 6.45) is -1.99.